The van der Waals surface area contributed by atoms with Gasteiger partial charge in [0.25, 0.3) is 0 Å². The third kappa shape index (κ3) is 4.66. The first-order valence-corrected chi connectivity index (χ1v) is 10.7. The molecule has 1 amide bonds. The van der Waals surface area contributed by atoms with Gasteiger partial charge in [0, 0.05) is 36.5 Å². The van der Waals surface area contributed by atoms with Crippen molar-refractivity contribution in [3.8, 4) is 0 Å². The molecule has 0 radical (unpaired) electrons. The minimum atomic E-state index is 0.109. The molecular weight excluding hydrogens is 366 g/mol. The highest BCUT2D eigenvalue weighted by atomic mass is 32.1. The Hall–Kier alpha value is -2.50. The SMILES string of the molecule is CC(NCc1csc(CCc2ccccc2)n1)c1ccc2c(c1)CCC(=O)N2. The quantitative estimate of drug-likeness (QED) is 0.616. The number of thiazole rings is 1. The first-order chi connectivity index (χ1) is 13.7. The molecule has 0 aliphatic carbocycles. The number of nitrogens with one attached hydrogen (secondary N) is 2. The van der Waals surface area contributed by atoms with Crippen LogP contribution < -0.4 is 10.6 Å². The number of carbonyl (C=O) groups is 1. The largest absolute Gasteiger partial charge is 0.326 e. The van der Waals surface area contributed by atoms with Gasteiger partial charge in [0.2, 0.25) is 5.91 Å². The van der Waals surface area contributed by atoms with Crippen molar-refractivity contribution in [3.05, 3.63) is 81.3 Å². The van der Waals surface area contributed by atoms with Crippen LogP contribution in [-0.4, -0.2) is 10.9 Å². The van der Waals surface area contributed by atoms with Crippen LogP contribution in [0.2, 0.25) is 0 Å². The van der Waals surface area contributed by atoms with E-state index in [2.05, 4.69) is 65.4 Å². The van der Waals surface area contributed by atoms with Crippen LogP contribution in [0.1, 0.15) is 46.8 Å². The van der Waals surface area contributed by atoms with E-state index in [1.165, 1.54) is 21.7 Å². The molecule has 3 aromatic rings. The number of fused-ring (bicyclic) bond motifs is 1. The molecule has 0 saturated carbocycles. The van der Waals surface area contributed by atoms with Gasteiger partial charge >= 0.3 is 0 Å². The summed E-state index contributed by atoms with van der Waals surface area (Å²) in [6, 6.07) is 17.1. The van der Waals surface area contributed by atoms with E-state index in [9.17, 15) is 4.79 Å². The fourth-order valence-electron chi connectivity index (χ4n) is 3.49. The predicted molar refractivity (Wildman–Crippen MR) is 115 cm³/mol. The monoisotopic (exact) mass is 391 g/mol. The molecule has 2 N–H and O–H groups in total. The Morgan fingerprint density at radius 1 is 1.14 bits per heavy atom. The van der Waals surface area contributed by atoms with Crippen molar-refractivity contribution in [3.63, 3.8) is 0 Å². The second-order valence-electron chi connectivity index (χ2n) is 7.29. The van der Waals surface area contributed by atoms with Crippen molar-refractivity contribution in [2.75, 3.05) is 5.32 Å². The second kappa shape index (κ2) is 8.67. The zero-order valence-electron chi connectivity index (χ0n) is 16.1. The molecule has 4 nitrogen and oxygen atoms in total. The van der Waals surface area contributed by atoms with Gasteiger partial charge < -0.3 is 10.6 Å². The Bertz CT molecular complexity index is 951. The zero-order chi connectivity index (χ0) is 19.3. The van der Waals surface area contributed by atoms with E-state index in [0.717, 1.165) is 37.2 Å². The van der Waals surface area contributed by atoms with Crippen molar-refractivity contribution in [1.29, 1.82) is 0 Å². The Morgan fingerprint density at radius 3 is 2.86 bits per heavy atom. The number of aryl methyl sites for hydroxylation is 3. The topological polar surface area (TPSA) is 54.0 Å². The fourth-order valence-corrected chi connectivity index (χ4v) is 4.29. The lowest BCUT2D eigenvalue weighted by molar-refractivity contribution is -0.116. The van der Waals surface area contributed by atoms with Gasteiger partial charge in [0.15, 0.2) is 0 Å². The van der Waals surface area contributed by atoms with E-state index in [1.807, 2.05) is 6.07 Å². The molecule has 1 aliphatic heterocycles. The van der Waals surface area contributed by atoms with Crippen molar-refractivity contribution >= 4 is 22.9 Å². The van der Waals surface area contributed by atoms with Crippen LogP contribution in [0.3, 0.4) is 0 Å². The molecule has 1 atom stereocenters. The third-order valence-corrected chi connectivity index (χ3v) is 6.14. The maximum atomic E-state index is 11.5. The van der Waals surface area contributed by atoms with Crippen molar-refractivity contribution in [2.45, 2.75) is 45.2 Å². The number of aromatic nitrogens is 1. The smallest absolute Gasteiger partial charge is 0.224 e. The summed E-state index contributed by atoms with van der Waals surface area (Å²) in [6.45, 7) is 2.93. The highest BCUT2D eigenvalue weighted by molar-refractivity contribution is 7.09. The molecule has 0 fully saturated rings. The number of hydrogen-bond acceptors (Lipinski definition) is 4. The number of nitrogens with zero attached hydrogens (tertiary/aromatic N) is 1. The Balaban J connectivity index is 1.31. The third-order valence-electron chi connectivity index (χ3n) is 5.18. The van der Waals surface area contributed by atoms with Gasteiger partial charge in [-0.25, -0.2) is 4.98 Å². The van der Waals surface area contributed by atoms with Crippen LogP contribution in [0.4, 0.5) is 5.69 Å². The minimum absolute atomic E-state index is 0.109. The zero-order valence-corrected chi connectivity index (χ0v) is 16.9. The number of amides is 1. The van der Waals surface area contributed by atoms with E-state index < -0.39 is 0 Å². The number of carbonyl (C=O) groups excluding carboxylic acids is 1. The maximum absolute atomic E-state index is 11.5. The van der Waals surface area contributed by atoms with Crippen molar-refractivity contribution in [1.82, 2.24) is 10.3 Å². The summed E-state index contributed by atoms with van der Waals surface area (Å²) >= 11 is 1.74. The average molecular weight is 392 g/mol. The molecule has 0 saturated heterocycles. The predicted octanol–water partition coefficient (Wildman–Crippen LogP) is 4.66. The van der Waals surface area contributed by atoms with Gasteiger partial charge in [-0.1, -0.05) is 42.5 Å². The van der Waals surface area contributed by atoms with Gasteiger partial charge in [-0.05, 0) is 42.5 Å². The summed E-state index contributed by atoms with van der Waals surface area (Å²) in [5.74, 6) is 0.109. The van der Waals surface area contributed by atoms with Gasteiger partial charge in [-0.2, -0.15) is 0 Å². The molecule has 1 aliphatic rings. The van der Waals surface area contributed by atoms with E-state index in [1.54, 1.807) is 11.3 Å². The lowest BCUT2D eigenvalue weighted by Crippen LogP contribution is -2.21. The average Bonchev–Trinajstić information content (AvgIpc) is 3.19. The molecule has 0 spiro atoms. The molecule has 5 heteroatoms. The number of anilines is 1. The fraction of sp³-hybridized carbons (Fsp3) is 0.304. The summed E-state index contributed by atoms with van der Waals surface area (Å²) < 4.78 is 0. The van der Waals surface area contributed by atoms with Gasteiger partial charge in [-0.15, -0.1) is 11.3 Å². The molecule has 2 heterocycles. The summed E-state index contributed by atoms with van der Waals surface area (Å²) in [7, 11) is 0. The van der Waals surface area contributed by atoms with Crippen LogP contribution >= 0.6 is 11.3 Å². The highest BCUT2D eigenvalue weighted by Crippen LogP contribution is 2.26. The van der Waals surface area contributed by atoms with E-state index >= 15 is 0 Å². The summed E-state index contributed by atoms with van der Waals surface area (Å²) in [6.07, 6.45) is 3.41. The molecular formula is C23H25N3OS. The lowest BCUT2D eigenvalue weighted by atomic mass is 9.98. The molecule has 28 heavy (non-hydrogen) atoms. The van der Waals surface area contributed by atoms with Crippen LogP contribution in [-0.2, 0) is 30.6 Å². The Kier molecular flexibility index (Phi) is 5.84. The summed E-state index contributed by atoms with van der Waals surface area (Å²) in [5, 5.41) is 9.86. The standard InChI is InChI=1S/C23H25N3OS/c1-16(18-8-10-21-19(13-18)9-11-22(27)26-21)24-14-20-15-28-23(25-20)12-7-17-5-3-2-4-6-17/h2-6,8,10,13,15-16,24H,7,9,11-12,14H2,1H3,(H,26,27). The Morgan fingerprint density at radius 2 is 2.00 bits per heavy atom. The van der Waals surface area contributed by atoms with E-state index in [0.29, 0.717) is 6.42 Å². The summed E-state index contributed by atoms with van der Waals surface area (Å²) in [4.78, 5) is 16.3. The summed E-state index contributed by atoms with van der Waals surface area (Å²) in [5.41, 5.74) is 5.88. The first kappa shape index (κ1) is 18.8. The highest BCUT2D eigenvalue weighted by Gasteiger charge is 2.16. The number of hydrogen-bond donors (Lipinski definition) is 2. The minimum Gasteiger partial charge on any atom is -0.326 e. The normalized spacial score (nSPS) is 14.4. The molecule has 144 valence electrons. The first-order valence-electron chi connectivity index (χ1n) is 9.80. The molecule has 1 aromatic heterocycles. The lowest BCUT2D eigenvalue weighted by Gasteiger charge is -2.20. The molecule has 4 rings (SSSR count). The number of rotatable bonds is 7. The van der Waals surface area contributed by atoms with Crippen LogP contribution in [0, 0.1) is 0 Å². The maximum Gasteiger partial charge on any atom is 0.224 e. The van der Waals surface area contributed by atoms with Crippen LogP contribution in [0.5, 0.6) is 0 Å². The van der Waals surface area contributed by atoms with Crippen LogP contribution in [0.15, 0.2) is 53.9 Å². The van der Waals surface area contributed by atoms with Gasteiger partial charge in [0.05, 0.1) is 10.7 Å². The van der Waals surface area contributed by atoms with Crippen LogP contribution in [0.25, 0.3) is 0 Å². The number of benzene rings is 2. The van der Waals surface area contributed by atoms with E-state index in [-0.39, 0.29) is 11.9 Å². The van der Waals surface area contributed by atoms with Crippen molar-refractivity contribution < 1.29 is 4.79 Å². The Labute approximate surface area is 170 Å². The molecule has 0 bridgehead atoms. The second-order valence-corrected chi connectivity index (χ2v) is 8.23. The van der Waals surface area contributed by atoms with E-state index in [4.69, 9.17) is 4.98 Å². The van der Waals surface area contributed by atoms with Gasteiger partial charge in [0.1, 0.15) is 0 Å². The van der Waals surface area contributed by atoms with Crippen molar-refractivity contribution in [2.24, 2.45) is 0 Å². The molecule has 2 aromatic carbocycles. The van der Waals surface area contributed by atoms with Gasteiger partial charge in [-0.3, -0.25) is 4.79 Å². The molecule has 1 unspecified atom stereocenters.